The van der Waals surface area contributed by atoms with Crippen LogP contribution in [0.4, 0.5) is 0 Å². The quantitative estimate of drug-likeness (QED) is 0.821. The molecule has 5 aliphatic carbocycles. The Morgan fingerprint density at radius 2 is 1.50 bits per heavy atom. The second-order valence-electron chi connectivity index (χ2n) is 8.29. The largest absolute Gasteiger partial charge is 0.312 e. The van der Waals surface area contributed by atoms with Crippen molar-refractivity contribution in [2.45, 2.75) is 75.0 Å². The zero-order valence-electron chi connectivity index (χ0n) is 13.1. The van der Waals surface area contributed by atoms with Gasteiger partial charge in [-0.3, -0.25) is 0 Å². The number of rotatable bonds is 4. The van der Waals surface area contributed by atoms with E-state index in [1.165, 1.54) is 38.6 Å². The zero-order chi connectivity index (χ0) is 13.6. The lowest BCUT2D eigenvalue weighted by molar-refractivity contribution is -0.0146. The van der Waals surface area contributed by atoms with Crippen LogP contribution in [0.15, 0.2) is 0 Å². The maximum atomic E-state index is 4.11. The van der Waals surface area contributed by atoms with Crippen molar-refractivity contribution in [2.24, 2.45) is 23.7 Å². The molecule has 5 fully saturated rings. The van der Waals surface area contributed by atoms with E-state index >= 15 is 0 Å². The number of hydrogen-bond acceptors (Lipinski definition) is 2. The maximum Gasteiger partial charge on any atom is 0.0281 e. The Labute approximate surface area is 129 Å². The molecule has 5 saturated carbocycles. The number of nitrogens with one attached hydrogen (secondary N) is 1. The van der Waals surface area contributed by atoms with Gasteiger partial charge in [0, 0.05) is 17.3 Å². The fraction of sp³-hybridized carbons (Fsp3) is 1.00. The van der Waals surface area contributed by atoms with E-state index in [1.807, 2.05) is 0 Å². The van der Waals surface area contributed by atoms with Crippen molar-refractivity contribution >= 4 is 11.8 Å². The Bertz CT molecular complexity index is 319. The van der Waals surface area contributed by atoms with Crippen LogP contribution in [0.3, 0.4) is 0 Å². The van der Waals surface area contributed by atoms with E-state index in [1.54, 1.807) is 32.1 Å². The number of hydrogen-bond donors (Lipinski definition) is 1. The van der Waals surface area contributed by atoms with Crippen molar-refractivity contribution in [3.05, 3.63) is 0 Å². The van der Waals surface area contributed by atoms with Crippen LogP contribution in [0.1, 0.15) is 64.2 Å². The molecular weight excluding hydrogens is 262 g/mol. The van der Waals surface area contributed by atoms with Crippen LogP contribution in [0.25, 0.3) is 0 Å². The molecule has 0 aromatic heterocycles. The van der Waals surface area contributed by atoms with E-state index in [0.717, 1.165) is 29.7 Å². The lowest BCUT2D eigenvalue weighted by Crippen LogP contribution is -2.56. The van der Waals surface area contributed by atoms with Crippen LogP contribution in [-0.4, -0.2) is 23.6 Å². The van der Waals surface area contributed by atoms with Crippen molar-refractivity contribution in [2.75, 3.05) is 12.8 Å². The van der Waals surface area contributed by atoms with Crippen LogP contribution >= 0.6 is 11.8 Å². The van der Waals surface area contributed by atoms with E-state index in [0.29, 0.717) is 4.75 Å². The maximum absolute atomic E-state index is 4.11. The van der Waals surface area contributed by atoms with Crippen molar-refractivity contribution in [1.29, 1.82) is 0 Å². The smallest absolute Gasteiger partial charge is 0.0281 e. The minimum Gasteiger partial charge on any atom is -0.312 e. The molecule has 0 heterocycles. The van der Waals surface area contributed by atoms with Gasteiger partial charge in [0.1, 0.15) is 0 Å². The van der Waals surface area contributed by atoms with Crippen molar-refractivity contribution in [1.82, 2.24) is 5.32 Å². The molecule has 5 aliphatic rings. The van der Waals surface area contributed by atoms with Crippen molar-refractivity contribution < 1.29 is 0 Å². The lowest BCUT2D eigenvalue weighted by Gasteiger charge is -2.55. The van der Waals surface area contributed by atoms with Gasteiger partial charge in [-0.15, -0.1) is 0 Å². The highest BCUT2D eigenvalue weighted by atomic mass is 32.2. The minimum atomic E-state index is 0.576. The molecule has 0 aromatic carbocycles. The molecule has 1 nitrogen and oxygen atoms in total. The van der Waals surface area contributed by atoms with Crippen LogP contribution in [0.2, 0.25) is 0 Å². The molecule has 0 amide bonds. The summed E-state index contributed by atoms with van der Waals surface area (Å²) in [6.07, 6.45) is 17.4. The molecule has 20 heavy (non-hydrogen) atoms. The highest BCUT2D eigenvalue weighted by Crippen LogP contribution is 2.54. The van der Waals surface area contributed by atoms with Gasteiger partial charge in [-0.05, 0) is 74.9 Å². The summed E-state index contributed by atoms with van der Waals surface area (Å²) in [6, 6.07) is 0.883. The summed E-state index contributed by atoms with van der Waals surface area (Å²) in [7, 11) is 0. The average Bonchev–Trinajstić information content (AvgIpc) is 2.47. The van der Waals surface area contributed by atoms with Crippen LogP contribution in [0, 0.1) is 23.7 Å². The van der Waals surface area contributed by atoms with Gasteiger partial charge in [0.15, 0.2) is 0 Å². The third kappa shape index (κ3) is 2.45. The van der Waals surface area contributed by atoms with Gasteiger partial charge in [-0.1, -0.05) is 19.3 Å². The summed E-state index contributed by atoms with van der Waals surface area (Å²) < 4.78 is 0.576. The molecule has 2 heteroatoms. The first-order valence-electron chi connectivity index (χ1n) is 9.06. The summed E-state index contributed by atoms with van der Waals surface area (Å²) in [4.78, 5) is 0. The molecule has 0 aliphatic heterocycles. The van der Waals surface area contributed by atoms with E-state index in [9.17, 15) is 0 Å². The van der Waals surface area contributed by atoms with Gasteiger partial charge in [-0.2, -0.15) is 11.8 Å². The standard InChI is InChI=1S/C18H31NS/c1-20-18(5-3-2-4-6-18)12-19-17-15-8-13-7-14(10-15)11-16(17)9-13/h13-17,19H,2-12H2,1H3. The molecule has 4 bridgehead atoms. The summed E-state index contributed by atoms with van der Waals surface area (Å²) in [5.41, 5.74) is 0. The van der Waals surface area contributed by atoms with Gasteiger partial charge in [0.25, 0.3) is 0 Å². The summed E-state index contributed by atoms with van der Waals surface area (Å²) >= 11 is 2.16. The second kappa shape index (κ2) is 5.50. The Hall–Kier alpha value is 0.310. The minimum absolute atomic E-state index is 0.576. The highest BCUT2D eigenvalue weighted by molar-refractivity contribution is 8.00. The second-order valence-corrected chi connectivity index (χ2v) is 9.56. The molecule has 0 atom stereocenters. The molecular formula is C18H31NS. The fourth-order valence-corrected chi connectivity index (χ4v) is 7.14. The zero-order valence-corrected chi connectivity index (χ0v) is 13.9. The van der Waals surface area contributed by atoms with E-state index in [-0.39, 0.29) is 0 Å². The first kappa shape index (κ1) is 13.9. The summed E-state index contributed by atoms with van der Waals surface area (Å²) in [5.74, 6) is 4.29. The number of thioether (sulfide) groups is 1. The highest BCUT2D eigenvalue weighted by Gasteiger charge is 2.48. The first-order chi connectivity index (χ1) is 9.78. The van der Waals surface area contributed by atoms with Crippen molar-refractivity contribution in [3.63, 3.8) is 0 Å². The molecule has 0 spiro atoms. The van der Waals surface area contributed by atoms with Crippen LogP contribution in [0.5, 0.6) is 0 Å². The SMILES string of the molecule is CSC1(CNC2C3CC4CC(C3)CC2C4)CCCCC1. The first-order valence-corrected chi connectivity index (χ1v) is 10.3. The molecule has 5 rings (SSSR count). The van der Waals surface area contributed by atoms with E-state index in [4.69, 9.17) is 0 Å². The molecule has 0 radical (unpaired) electrons. The fourth-order valence-electron chi connectivity index (χ4n) is 6.21. The average molecular weight is 294 g/mol. The Morgan fingerprint density at radius 1 is 0.900 bits per heavy atom. The van der Waals surface area contributed by atoms with Gasteiger partial charge < -0.3 is 5.32 Å². The third-order valence-electron chi connectivity index (χ3n) is 7.08. The van der Waals surface area contributed by atoms with Gasteiger partial charge in [0.05, 0.1) is 0 Å². The monoisotopic (exact) mass is 293 g/mol. The Kier molecular flexibility index (Phi) is 3.83. The molecule has 0 saturated heterocycles. The normalized spacial score (nSPS) is 45.8. The Balaban J connectivity index is 1.39. The molecule has 0 unspecified atom stereocenters. The van der Waals surface area contributed by atoms with Gasteiger partial charge in [-0.25, -0.2) is 0 Å². The molecule has 1 N–H and O–H groups in total. The molecule has 0 aromatic rings. The summed E-state index contributed by atoms with van der Waals surface area (Å²) in [5, 5.41) is 4.11. The van der Waals surface area contributed by atoms with Gasteiger partial charge in [0.2, 0.25) is 0 Å². The Morgan fingerprint density at radius 3 is 2.05 bits per heavy atom. The molecule has 114 valence electrons. The topological polar surface area (TPSA) is 12.0 Å². The van der Waals surface area contributed by atoms with Gasteiger partial charge >= 0.3 is 0 Å². The predicted octanol–water partition coefficient (Wildman–Crippen LogP) is 4.47. The van der Waals surface area contributed by atoms with E-state index in [2.05, 4.69) is 23.3 Å². The van der Waals surface area contributed by atoms with E-state index < -0.39 is 0 Å². The van der Waals surface area contributed by atoms with Crippen LogP contribution < -0.4 is 5.32 Å². The third-order valence-corrected chi connectivity index (χ3v) is 8.50. The summed E-state index contributed by atoms with van der Waals surface area (Å²) in [6.45, 7) is 1.29. The lowest BCUT2D eigenvalue weighted by atomic mass is 9.54. The predicted molar refractivity (Wildman–Crippen MR) is 88.2 cm³/mol. The van der Waals surface area contributed by atoms with Crippen molar-refractivity contribution in [3.8, 4) is 0 Å². The van der Waals surface area contributed by atoms with Crippen LogP contribution in [-0.2, 0) is 0 Å².